The molecule has 1 amide bonds. The SMILES string of the molecule is CN(CCCNC(=O)Cn1nnc(-c2ccc(Br)cc2)n1)c1ccccc1. The molecule has 3 aromatic rings. The molecule has 0 bridgehead atoms. The molecular formula is C19H21BrN6O. The minimum absolute atomic E-state index is 0.0536. The van der Waals surface area contributed by atoms with Crippen LogP contribution in [0, 0.1) is 0 Å². The van der Waals surface area contributed by atoms with E-state index in [1.54, 1.807) is 0 Å². The fraction of sp³-hybridized carbons (Fsp3) is 0.263. The predicted octanol–water partition coefficient (Wildman–Crippen LogP) is 2.75. The normalized spacial score (nSPS) is 10.6. The van der Waals surface area contributed by atoms with Crippen molar-refractivity contribution in [2.75, 3.05) is 25.0 Å². The molecule has 1 heterocycles. The van der Waals surface area contributed by atoms with Gasteiger partial charge in [0, 0.05) is 35.9 Å². The molecule has 0 unspecified atom stereocenters. The third-order valence-corrected chi connectivity index (χ3v) is 4.56. The zero-order valence-electron chi connectivity index (χ0n) is 15.0. The first-order valence-corrected chi connectivity index (χ1v) is 9.48. The molecule has 0 atom stereocenters. The lowest BCUT2D eigenvalue weighted by Gasteiger charge is -2.19. The Balaban J connectivity index is 1.41. The van der Waals surface area contributed by atoms with Crippen LogP contribution in [-0.4, -0.2) is 46.3 Å². The van der Waals surface area contributed by atoms with Gasteiger partial charge in [-0.15, -0.1) is 10.2 Å². The number of anilines is 1. The van der Waals surface area contributed by atoms with Gasteiger partial charge in [-0.2, -0.15) is 4.80 Å². The van der Waals surface area contributed by atoms with Crippen molar-refractivity contribution >= 4 is 27.5 Å². The Morgan fingerprint density at radius 3 is 2.63 bits per heavy atom. The molecule has 0 aliphatic heterocycles. The molecule has 140 valence electrons. The van der Waals surface area contributed by atoms with Crippen LogP contribution in [0.1, 0.15) is 6.42 Å². The smallest absolute Gasteiger partial charge is 0.243 e. The number of nitrogens with one attached hydrogen (secondary N) is 1. The van der Waals surface area contributed by atoms with Crippen LogP contribution >= 0.6 is 15.9 Å². The van der Waals surface area contributed by atoms with Gasteiger partial charge in [-0.3, -0.25) is 4.79 Å². The van der Waals surface area contributed by atoms with Gasteiger partial charge in [0.1, 0.15) is 6.54 Å². The molecule has 0 saturated carbocycles. The van der Waals surface area contributed by atoms with Gasteiger partial charge in [0.15, 0.2) is 0 Å². The standard InChI is InChI=1S/C19H21BrN6O/c1-25(17-6-3-2-4-7-17)13-5-12-21-18(27)14-26-23-19(22-24-26)15-8-10-16(20)11-9-15/h2-4,6-11H,5,12-14H2,1H3,(H,21,27). The van der Waals surface area contributed by atoms with Crippen LogP contribution < -0.4 is 10.2 Å². The van der Waals surface area contributed by atoms with Crippen LogP contribution in [0.25, 0.3) is 11.4 Å². The minimum atomic E-state index is -0.128. The number of amides is 1. The maximum Gasteiger partial charge on any atom is 0.243 e. The summed E-state index contributed by atoms with van der Waals surface area (Å²) in [4.78, 5) is 15.5. The van der Waals surface area contributed by atoms with Gasteiger partial charge in [-0.25, -0.2) is 0 Å². The van der Waals surface area contributed by atoms with E-state index >= 15 is 0 Å². The summed E-state index contributed by atoms with van der Waals surface area (Å²) in [7, 11) is 2.04. The Labute approximate surface area is 166 Å². The van der Waals surface area contributed by atoms with Crippen LogP contribution in [-0.2, 0) is 11.3 Å². The molecule has 1 N–H and O–H groups in total. The first-order valence-electron chi connectivity index (χ1n) is 8.68. The van der Waals surface area contributed by atoms with E-state index < -0.39 is 0 Å². The van der Waals surface area contributed by atoms with Crippen LogP contribution in [0.3, 0.4) is 0 Å². The highest BCUT2D eigenvalue weighted by Gasteiger charge is 2.09. The van der Waals surface area contributed by atoms with E-state index in [-0.39, 0.29) is 12.5 Å². The van der Waals surface area contributed by atoms with Crippen molar-refractivity contribution in [2.24, 2.45) is 0 Å². The lowest BCUT2D eigenvalue weighted by Crippen LogP contribution is -2.31. The largest absolute Gasteiger partial charge is 0.375 e. The van der Waals surface area contributed by atoms with E-state index in [1.807, 2.05) is 49.5 Å². The average molecular weight is 429 g/mol. The molecule has 0 aliphatic rings. The Morgan fingerprint density at radius 1 is 1.15 bits per heavy atom. The van der Waals surface area contributed by atoms with Gasteiger partial charge in [0.05, 0.1) is 0 Å². The number of carbonyl (C=O) groups is 1. The third kappa shape index (κ3) is 5.62. The maximum atomic E-state index is 12.1. The van der Waals surface area contributed by atoms with Crippen molar-refractivity contribution < 1.29 is 4.79 Å². The molecule has 2 aromatic carbocycles. The summed E-state index contributed by atoms with van der Waals surface area (Å²) in [5.41, 5.74) is 2.02. The van der Waals surface area contributed by atoms with E-state index in [2.05, 4.69) is 53.7 Å². The van der Waals surface area contributed by atoms with Crippen LogP contribution in [0.5, 0.6) is 0 Å². The molecule has 0 saturated heterocycles. The summed E-state index contributed by atoms with van der Waals surface area (Å²) < 4.78 is 0.982. The van der Waals surface area contributed by atoms with Crippen molar-refractivity contribution in [3.05, 3.63) is 59.1 Å². The van der Waals surface area contributed by atoms with Gasteiger partial charge in [-0.05, 0) is 48.0 Å². The lowest BCUT2D eigenvalue weighted by molar-refractivity contribution is -0.122. The molecule has 0 radical (unpaired) electrons. The quantitative estimate of drug-likeness (QED) is 0.558. The van der Waals surface area contributed by atoms with E-state index in [0.717, 1.165) is 28.7 Å². The maximum absolute atomic E-state index is 12.1. The number of carbonyl (C=O) groups excluding carboxylic acids is 1. The molecule has 27 heavy (non-hydrogen) atoms. The highest BCUT2D eigenvalue weighted by molar-refractivity contribution is 9.10. The van der Waals surface area contributed by atoms with Gasteiger partial charge in [0.2, 0.25) is 11.7 Å². The number of hydrogen-bond acceptors (Lipinski definition) is 5. The summed E-state index contributed by atoms with van der Waals surface area (Å²) in [6, 6.07) is 17.8. The van der Waals surface area contributed by atoms with Crippen molar-refractivity contribution in [2.45, 2.75) is 13.0 Å². The average Bonchev–Trinajstić information content (AvgIpc) is 3.14. The summed E-state index contributed by atoms with van der Waals surface area (Å²) in [6.45, 7) is 1.52. The summed E-state index contributed by atoms with van der Waals surface area (Å²) in [5, 5.41) is 15.1. The number of para-hydroxylation sites is 1. The zero-order chi connectivity index (χ0) is 19.1. The first kappa shape index (κ1) is 19.0. The number of halogens is 1. The van der Waals surface area contributed by atoms with E-state index in [4.69, 9.17) is 0 Å². The Bertz CT molecular complexity index is 865. The molecule has 8 heteroatoms. The van der Waals surface area contributed by atoms with Gasteiger partial charge < -0.3 is 10.2 Å². The van der Waals surface area contributed by atoms with E-state index in [9.17, 15) is 4.79 Å². The second kappa shape index (κ2) is 9.27. The molecular weight excluding hydrogens is 408 g/mol. The molecule has 0 aliphatic carbocycles. The van der Waals surface area contributed by atoms with Crippen LogP contribution in [0.4, 0.5) is 5.69 Å². The monoisotopic (exact) mass is 428 g/mol. The van der Waals surface area contributed by atoms with Crippen molar-refractivity contribution in [1.29, 1.82) is 0 Å². The summed E-state index contributed by atoms with van der Waals surface area (Å²) >= 11 is 3.39. The number of aromatic nitrogens is 4. The number of hydrogen-bond donors (Lipinski definition) is 1. The van der Waals surface area contributed by atoms with Crippen LogP contribution in [0.15, 0.2) is 59.1 Å². The second-order valence-electron chi connectivity index (χ2n) is 6.11. The van der Waals surface area contributed by atoms with Gasteiger partial charge in [-0.1, -0.05) is 34.1 Å². The first-order chi connectivity index (χ1) is 13.1. The van der Waals surface area contributed by atoms with Crippen molar-refractivity contribution in [1.82, 2.24) is 25.5 Å². The van der Waals surface area contributed by atoms with Gasteiger partial charge in [0.25, 0.3) is 0 Å². The fourth-order valence-corrected chi connectivity index (χ4v) is 2.83. The highest BCUT2D eigenvalue weighted by atomic mass is 79.9. The third-order valence-electron chi connectivity index (χ3n) is 4.03. The highest BCUT2D eigenvalue weighted by Crippen LogP contribution is 2.17. The number of tetrazole rings is 1. The van der Waals surface area contributed by atoms with E-state index in [0.29, 0.717) is 12.4 Å². The predicted molar refractivity (Wildman–Crippen MR) is 108 cm³/mol. The molecule has 0 fully saturated rings. The topological polar surface area (TPSA) is 75.9 Å². The number of benzene rings is 2. The summed E-state index contributed by atoms with van der Waals surface area (Å²) in [6.07, 6.45) is 0.853. The minimum Gasteiger partial charge on any atom is -0.375 e. The Morgan fingerprint density at radius 2 is 1.89 bits per heavy atom. The molecule has 1 aromatic heterocycles. The van der Waals surface area contributed by atoms with Crippen LogP contribution in [0.2, 0.25) is 0 Å². The number of nitrogens with zero attached hydrogens (tertiary/aromatic N) is 5. The van der Waals surface area contributed by atoms with E-state index in [1.165, 1.54) is 4.80 Å². The lowest BCUT2D eigenvalue weighted by atomic mass is 10.2. The fourth-order valence-electron chi connectivity index (χ4n) is 2.56. The van der Waals surface area contributed by atoms with Gasteiger partial charge >= 0.3 is 0 Å². The Hall–Kier alpha value is -2.74. The summed E-state index contributed by atoms with van der Waals surface area (Å²) in [5.74, 6) is 0.372. The molecule has 7 nitrogen and oxygen atoms in total. The van der Waals surface area contributed by atoms with Crippen molar-refractivity contribution in [3.8, 4) is 11.4 Å². The second-order valence-corrected chi connectivity index (χ2v) is 7.03. The molecule has 3 rings (SSSR count). The zero-order valence-corrected chi connectivity index (χ0v) is 16.6. The Kier molecular flexibility index (Phi) is 6.54. The molecule has 0 spiro atoms. The van der Waals surface area contributed by atoms with Crippen molar-refractivity contribution in [3.63, 3.8) is 0 Å². The number of rotatable bonds is 8.